The second-order valence-corrected chi connectivity index (χ2v) is 5.45. The molecule has 3 rings (SSSR count). The van der Waals surface area contributed by atoms with Gasteiger partial charge in [0.25, 0.3) is 0 Å². The molecule has 3 aliphatic rings. The number of hydrogen-bond donors (Lipinski definition) is 3. The fourth-order valence-corrected chi connectivity index (χ4v) is 3.72. The molecule has 7 nitrogen and oxygen atoms in total. The van der Waals surface area contributed by atoms with Crippen LogP contribution in [0.25, 0.3) is 0 Å². The number of carboxylic acids is 2. The highest BCUT2D eigenvalue weighted by atomic mass is 16.6. The van der Waals surface area contributed by atoms with Crippen molar-refractivity contribution in [2.75, 3.05) is 13.2 Å². The minimum absolute atomic E-state index is 0.179. The summed E-state index contributed by atoms with van der Waals surface area (Å²) in [5.74, 6) is -2.32. The van der Waals surface area contributed by atoms with Crippen molar-refractivity contribution in [2.45, 2.75) is 43.1 Å². The van der Waals surface area contributed by atoms with Gasteiger partial charge in [0.05, 0.1) is 18.6 Å². The average molecular weight is 271 g/mol. The summed E-state index contributed by atoms with van der Waals surface area (Å²) < 4.78 is 11.6. The van der Waals surface area contributed by atoms with Gasteiger partial charge in [-0.25, -0.2) is 0 Å². The molecule has 19 heavy (non-hydrogen) atoms. The van der Waals surface area contributed by atoms with Crippen molar-refractivity contribution in [3.8, 4) is 0 Å². The molecule has 0 amide bonds. The number of hydrogen-bond acceptors (Lipinski definition) is 5. The molecule has 0 bridgehead atoms. The van der Waals surface area contributed by atoms with E-state index in [2.05, 4.69) is 5.32 Å². The molecule has 3 aliphatic heterocycles. The smallest absolute Gasteiger partial charge is 0.323 e. The maximum absolute atomic E-state index is 11.4. The summed E-state index contributed by atoms with van der Waals surface area (Å²) in [5, 5.41) is 21.3. The normalized spacial score (nSPS) is 44.6. The highest BCUT2D eigenvalue weighted by molar-refractivity contribution is 5.79. The van der Waals surface area contributed by atoms with Gasteiger partial charge in [-0.15, -0.1) is 0 Å². The Morgan fingerprint density at radius 3 is 2.84 bits per heavy atom. The molecule has 0 saturated carbocycles. The Labute approximate surface area is 109 Å². The second kappa shape index (κ2) is 4.43. The maximum atomic E-state index is 11.4. The fourth-order valence-electron chi connectivity index (χ4n) is 3.72. The molecule has 106 valence electrons. The third-order valence-corrected chi connectivity index (χ3v) is 4.41. The quantitative estimate of drug-likeness (QED) is 0.632. The van der Waals surface area contributed by atoms with Gasteiger partial charge in [-0.05, 0) is 12.8 Å². The van der Waals surface area contributed by atoms with E-state index in [0.717, 1.165) is 12.8 Å². The van der Waals surface area contributed by atoms with E-state index in [9.17, 15) is 14.7 Å². The zero-order chi connectivity index (χ0) is 13.6. The average Bonchev–Trinajstić information content (AvgIpc) is 2.80. The lowest BCUT2D eigenvalue weighted by atomic mass is 9.80. The van der Waals surface area contributed by atoms with Crippen LogP contribution in [0.4, 0.5) is 0 Å². The third kappa shape index (κ3) is 1.84. The molecular weight excluding hydrogens is 254 g/mol. The van der Waals surface area contributed by atoms with Crippen molar-refractivity contribution in [2.24, 2.45) is 5.92 Å². The lowest BCUT2D eigenvalue weighted by Gasteiger charge is -2.30. The van der Waals surface area contributed by atoms with Crippen LogP contribution in [0.2, 0.25) is 0 Å². The van der Waals surface area contributed by atoms with Crippen LogP contribution in [0.1, 0.15) is 19.3 Å². The zero-order valence-corrected chi connectivity index (χ0v) is 10.4. The van der Waals surface area contributed by atoms with Crippen molar-refractivity contribution < 1.29 is 29.3 Å². The summed E-state index contributed by atoms with van der Waals surface area (Å²) in [5.41, 5.74) is -1.18. The summed E-state index contributed by atoms with van der Waals surface area (Å²) in [4.78, 5) is 22.5. The zero-order valence-electron chi connectivity index (χ0n) is 10.4. The Morgan fingerprint density at radius 1 is 1.37 bits per heavy atom. The predicted octanol–water partition coefficient (Wildman–Crippen LogP) is -0.550. The van der Waals surface area contributed by atoms with Crippen LogP contribution in [-0.4, -0.2) is 59.2 Å². The Balaban J connectivity index is 1.94. The maximum Gasteiger partial charge on any atom is 0.323 e. The molecule has 3 fully saturated rings. The van der Waals surface area contributed by atoms with Gasteiger partial charge in [0, 0.05) is 19.1 Å². The number of rotatable bonds is 3. The van der Waals surface area contributed by atoms with Crippen molar-refractivity contribution >= 4 is 11.9 Å². The van der Waals surface area contributed by atoms with Crippen LogP contribution >= 0.6 is 0 Å². The SMILES string of the molecule is O=C(O)C[C@@]12O[C@H]3CCCO[C@H]3C1CN[C@H]2C(=O)O. The first-order chi connectivity index (χ1) is 9.04. The molecule has 3 heterocycles. The Hall–Kier alpha value is -1.18. The van der Waals surface area contributed by atoms with Crippen molar-refractivity contribution in [3.63, 3.8) is 0 Å². The van der Waals surface area contributed by atoms with Gasteiger partial charge in [-0.2, -0.15) is 0 Å². The lowest BCUT2D eigenvalue weighted by molar-refractivity contribution is -0.158. The molecule has 0 spiro atoms. The molecule has 0 aromatic rings. The van der Waals surface area contributed by atoms with Crippen LogP contribution in [0.5, 0.6) is 0 Å². The summed E-state index contributed by atoms with van der Waals surface area (Å²) >= 11 is 0. The van der Waals surface area contributed by atoms with Gasteiger partial charge in [0.2, 0.25) is 0 Å². The van der Waals surface area contributed by atoms with Crippen molar-refractivity contribution in [3.05, 3.63) is 0 Å². The number of fused-ring (bicyclic) bond motifs is 3. The Bertz CT molecular complexity index is 413. The molecule has 5 atom stereocenters. The van der Waals surface area contributed by atoms with Crippen LogP contribution in [0.3, 0.4) is 0 Å². The monoisotopic (exact) mass is 271 g/mol. The second-order valence-electron chi connectivity index (χ2n) is 5.45. The van der Waals surface area contributed by atoms with E-state index >= 15 is 0 Å². The Morgan fingerprint density at radius 2 is 2.16 bits per heavy atom. The highest BCUT2D eigenvalue weighted by Crippen LogP contribution is 2.48. The van der Waals surface area contributed by atoms with E-state index in [0.29, 0.717) is 13.2 Å². The van der Waals surface area contributed by atoms with Crippen LogP contribution in [0, 0.1) is 5.92 Å². The standard InChI is InChI=1S/C12H17NO6/c14-8(15)4-12-6(5-13-10(12)11(16)17)9-7(19-12)2-1-3-18-9/h6-7,9-10,13H,1-5H2,(H,14,15)(H,16,17)/t6?,7-,9-,10-,12+/m0/s1. The number of aliphatic carboxylic acids is 2. The number of ether oxygens (including phenoxy) is 2. The molecule has 3 saturated heterocycles. The van der Waals surface area contributed by atoms with Crippen LogP contribution < -0.4 is 5.32 Å². The van der Waals surface area contributed by atoms with E-state index in [-0.39, 0.29) is 24.5 Å². The van der Waals surface area contributed by atoms with Gasteiger partial charge < -0.3 is 25.0 Å². The first kappa shape index (κ1) is 12.8. The number of nitrogens with one attached hydrogen (secondary N) is 1. The largest absolute Gasteiger partial charge is 0.481 e. The highest BCUT2D eigenvalue weighted by Gasteiger charge is 2.65. The summed E-state index contributed by atoms with van der Waals surface area (Å²) in [6, 6.07) is -0.984. The van der Waals surface area contributed by atoms with E-state index in [1.165, 1.54) is 0 Å². The molecular formula is C12H17NO6. The summed E-state index contributed by atoms with van der Waals surface area (Å²) in [6.07, 6.45) is 0.988. The van der Waals surface area contributed by atoms with Gasteiger partial charge in [-0.1, -0.05) is 0 Å². The number of carbonyl (C=O) groups is 2. The van der Waals surface area contributed by atoms with Gasteiger partial charge in [0.1, 0.15) is 11.6 Å². The van der Waals surface area contributed by atoms with Crippen molar-refractivity contribution in [1.29, 1.82) is 0 Å². The fraction of sp³-hybridized carbons (Fsp3) is 0.833. The van der Waals surface area contributed by atoms with E-state index in [4.69, 9.17) is 14.6 Å². The van der Waals surface area contributed by atoms with E-state index < -0.39 is 23.6 Å². The number of carboxylic acid groups (broad SMARTS) is 2. The minimum atomic E-state index is -1.18. The van der Waals surface area contributed by atoms with Crippen LogP contribution in [-0.2, 0) is 19.1 Å². The molecule has 1 unspecified atom stereocenters. The minimum Gasteiger partial charge on any atom is -0.481 e. The van der Waals surface area contributed by atoms with E-state index in [1.54, 1.807) is 0 Å². The topological polar surface area (TPSA) is 105 Å². The lowest BCUT2D eigenvalue weighted by Crippen LogP contribution is -2.52. The molecule has 0 aromatic heterocycles. The summed E-state index contributed by atoms with van der Waals surface area (Å²) in [7, 11) is 0. The molecule has 3 N–H and O–H groups in total. The summed E-state index contributed by atoms with van der Waals surface area (Å²) in [6.45, 7) is 1.05. The van der Waals surface area contributed by atoms with Gasteiger partial charge in [-0.3, -0.25) is 9.59 Å². The molecule has 7 heteroatoms. The Kier molecular flexibility index (Phi) is 2.99. The third-order valence-electron chi connectivity index (χ3n) is 4.41. The predicted molar refractivity (Wildman–Crippen MR) is 61.7 cm³/mol. The molecule has 0 radical (unpaired) electrons. The molecule has 0 aliphatic carbocycles. The van der Waals surface area contributed by atoms with Crippen LogP contribution in [0.15, 0.2) is 0 Å². The first-order valence-electron chi connectivity index (χ1n) is 6.52. The van der Waals surface area contributed by atoms with Gasteiger partial charge in [0.15, 0.2) is 0 Å². The van der Waals surface area contributed by atoms with Gasteiger partial charge >= 0.3 is 11.9 Å². The molecule has 0 aromatic carbocycles. The van der Waals surface area contributed by atoms with Crippen molar-refractivity contribution in [1.82, 2.24) is 5.32 Å². The van der Waals surface area contributed by atoms with E-state index in [1.807, 2.05) is 0 Å². The first-order valence-corrected chi connectivity index (χ1v) is 6.52.